The fourth-order valence-corrected chi connectivity index (χ4v) is 2.29. The second-order valence-electron chi connectivity index (χ2n) is 3.93. The van der Waals surface area contributed by atoms with Gasteiger partial charge in [-0.1, -0.05) is 12.1 Å². The lowest BCUT2D eigenvalue weighted by molar-refractivity contribution is 0.597. The highest BCUT2D eigenvalue weighted by Crippen LogP contribution is 2.09. The smallest absolute Gasteiger partial charge is 0.251 e. The van der Waals surface area contributed by atoms with Gasteiger partial charge < -0.3 is 4.57 Å². The third-order valence-electron chi connectivity index (χ3n) is 2.50. The summed E-state index contributed by atoms with van der Waals surface area (Å²) in [5.74, 6) is 0. The molecule has 1 aromatic carbocycles. The average molecular weight is 297 g/mol. The molecule has 0 atom stereocenters. The Kier molecular flexibility index (Phi) is 3.65. The zero-order valence-corrected chi connectivity index (χ0v) is 11.4. The van der Waals surface area contributed by atoms with E-state index in [-0.39, 0.29) is 10.5 Å². The minimum absolute atomic E-state index is 0.0568. The van der Waals surface area contributed by atoms with Crippen LogP contribution in [0.4, 0.5) is 0 Å². The van der Waals surface area contributed by atoms with Crippen molar-refractivity contribution in [3.05, 3.63) is 57.2 Å². The van der Waals surface area contributed by atoms with Crippen molar-refractivity contribution < 1.29 is 8.42 Å². The average Bonchev–Trinajstić information content (AvgIpc) is 2.32. The van der Waals surface area contributed by atoms with Crippen molar-refractivity contribution >= 4 is 22.2 Å². The highest BCUT2D eigenvalue weighted by Gasteiger charge is 2.06. The molecule has 0 amide bonds. The molecular formula is C11H11N3O3S2. The Hall–Kier alpha value is -1.77. The van der Waals surface area contributed by atoms with E-state index < -0.39 is 10.0 Å². The quantitative estimate of drug-likeness (QED) is 0.811. The Morgan fingerprint density at radius 3 is 2.37 bits per heavy atom. The molecule has 0 aliphatic rings. The van der Waals surface area contributed by atoms with E-state index in [1.54, 1.807) is 22.9 Å². The standard InChI is InChI=1S/C11H11N3O3S2/c12-19(16,17)9-3-1-8(2-4-9)7-14-6-5-10(15)13-11(14)18/h1-6H,7H2,(H2,12,16,17)(H,13,15,18). The SMILES string of the molecule is NS(=O)(=O)c1ccc(Cn2ccc(=O)[nH]c2=S)cc1. The molecule has 8 heteroatoms. The van der Waals surface area contributed by atoms with Crippen LogP contribution in [0.1, 0.15) is 5.56 Å². The van der Waals surface area contributed by atoms with Crippen molar-refractivity contribution in [3.63, 3.8) is 0 Å². The maximum absolute atomic E-state index is 11.1. The maximum atomic E-state index is 11.1. The molecule has 0 aliphatic heterocycles. The summed E-state index contributed by atoms with van der Waals surface area (Å²) in [6, 6.07) is 7.52. The van der Waals surface area contributed by atoms with Crippen LogP contribution in [-0.4, -0.2) is 18.0 Å². The lowest BCUT2D eigenvalue weighted by Crippen LogP contribution is -2.13. The van der Waals surface area contributed by atoms with E-state index in [2.05, 4.69) is 4.98 Å². The van der Waals surface area contributed by atoms with E-state index in [0.717, 1.165) is 5.56 Å². The summed E-state index contributed by atoms with van der Waals surface area (Å²) < 4.78 is 24.2. The van der Waals surface area contributed by atoms with E-state index in [4.69, 9.17) is 17.4 Å². The molecule has 0 radical (unpaired) electrons. The van der Waals surface area contributed by atoms with E-state index in [1.165, 1.54) is 18.2 Å². The second-order valence-corrected chi connectivity index (χ2v) is 5.88. The summed E-state index contributed by atoms with van der Waals surface area (Å²) in [7, 11) is -3.68. The van der Waals surface area contributed by atoms with Crippen molar-refractivity contribution in [2.75, 3.05) is 0 Å². The Bertz CT molecular complexity index is 804. The van der Waals surface area contributed by atoms with Crippen LogP contribution in [-0.2, 0) is 16.6 Å². The Morgan fingerprint density at radius 1 is 1.21 bits per heavy atom. The predicted octanol–water partition coefficient (Wildman–Crippen LogP) is 0.602. The van der Waals surface area contributed by atoms with Crippen LogP contribution in [0.2, 0.25) is 0 Å². The Labute approximate surface area is 114 Å². The molecule has 0 unspecified atom stereocenters. The molecule has 0 spiro atoms. The van der Waals surface area contributed by atoms with Crippen molar-refractivity contribution in [2.24, 2.45) is 5.14 Å². The van der Waals surface area contributed by atoms with Gasteiger partial charge in [0.25, 0.3) is 5.56 Å². The molecule has 1 heterocycles. The molecule has 0 fully saturated rings. The van der Waals surface area contributed by atoms with Gasteiger partial charge in [-0.15, -0.1) is 0 Å². The minimum Gasteiger partial charge on any atom is -0.321 e. The third kappa shape index (κ3) is 3.37. The van der Waals surface area contributed by atoms with E-state index >= 15 is 0 Å². The molecule has 0 aliphatic carbocycles. The van der Waals surface area contributed by atoms with Gasteiger partial charge in [-0.2, -0.15) is 0 Å². The Morgan fingerprint density at radius 2 is 1.84 bits per heavy atom. The fraction of sp³-hybridized carbons (Fsp3) is 0.0909. The molecule has 2 rings (SSSR count). The summed E-state index contributed by atoms with van der Waals surface area (Å²) >= 11 is 5.02. The number of primary sulfonamides is 1. The highest BCUT2D eigenvalue weighted by atomic mass is 32.2. The molecule has 19 heavy (non-hydrogen) atoms. The molecule has 100 valence electrons. The second kappa shape index (κ2) is 5.08. The number of aromatic nitrogens is 2. The highest BCUT2D eigenvalue weighted by molar-refractivity contribution is 7.89. The number of aromatic amines is 1. The molecule has 0 bridgehead atoms. The number of sulfonamides is 1. The molecule has 6 nitrogen and oxygen atoms in total. The lowest BCUT2D eigenvalue weighted by atomic mass is 10.2. The Balaban J connectivity index is 2.30. The van der Waals surface area contributed by atoms with Crippen molar-refractivity contribution in [2.45, 2.75) is 11.4 Å². The summed E-state index contributed by atoms with van der Waals surface area (Å²) in [6.07, 6.45) is 1.58. The first kappa shape index (κ1) is 13.7. The topological polar surface area (TPSA) is 97.9 Å². The van der Waals surface area contributed by atoms with Crippen LogP contribution in [0, 0.1) is 4.77 Å². The van der Waals surface area contributed by atoms with Gasteiger partial charge in [-0.05, 0) is 29.9 Å². The number of benzene rings is 1. The first-order chi connectivity index (χ1) is 8.86. The van der Waals surface area contributed by atoms with Gasteiger partial charge in [0.05, 0.1) is 4.90 Å². The fourth-order valence-electron chi connectivity index (χ4n) is 1.55. The number of nitrogens with one attached hydrogen (secondary N) is 1. The van der Waals surface area contributed by atoms with Gasteiger partial charge in [0, 0.05) is 18.8 Å². The van der Waals surface area contributed by atoms with Gasteiger partial charge in [0.1, 0.15) is 0 Å². The number of nitrogens with zero attached hydrogens (tertiary/aromatic N) is 1. The molecular weight excluding hydrogens is 286 g/mol. The van der Waals surface area contributed by atoms with Crippen LogP contribution in [0.5, 0.6) is 0 Å². The first-order valence-corrected chi connectivity index (χ1v) is 7.23. The number of rotatable bonds is 3. The molecule has 2 aromatic rings. The van der Waals surface area contributed by atoms with Crippen LogP contribution < -0.4 is 10.7 Å². The van der Waals surface area contributed by atoms with Gasteiger partial charge in [-0.25, -0.2) is 13.6 Å². The molecule has 0 saturated carbocycles. The summed E-state index contributed by atoms with van der Waals surface area (Å²) in [6.45, 7) is 0.431. The van der Waals surface area contributed by atoms with E-state index in [1.807, 2.05) is 0 Å². The number of nitrogens with two attached hydrogens (primary N) is 1. The van der Waals surface area contributed by atoms with Gasteiger partial charge in [0.15, 0.2) is 4.77 Å². The zero-order chi connectivity index (χ0) is 14.0. The number of H-pyrrole nitrogens is 1. The predicted molar refractivity (Wildman–Crippen MR) is 72.8 cm³/mol. The van der Waals surface area contributed by atoms with Crippen LogP contribution >= 0.6 is 12.2 Å². The van der Waals surface area contributed by atoms with E-state index in [9.17, 15) is 13.2 Å². The maximum Gasteiger partial charge on any atom is 0.251 e. The number of hydrogen-bond acceptors (Lipinski definition) is 4. The third-order valence-corrected chi connectivity index (χ3v) is 3.77. The first-order valence-electron chi connectivity index (χ1n) is 5.28. The summed E-state index contributed by atoms with van der Waals surface area (Å²) in [4.78, 5) is 13.6. The molecule has 3 N–H and O–H groups in total. The van der Waals surface area contributed by atoms with Gasteiger partial charge >= 0.3 is 0 Å². The summed E-state index contributed by atoms with van der Waals surface area (Å²) in [5.41, 5.74) is 0.585. The monoisotopic (exact) mass is 297 g/mol. The van der Waals surface area contributed by atoms with Crippen LogP contribution in [0.15, 0.2) is 46.2 Å². The largest absolute Gasteiger partial charge is 0.321 e. The zero-order valence-electron chi connectivity index (χ0n) is 9.74. The van der Waals surface area contributed by atoms with Crippen LogP contribution in [0.25, 0.3) is 0 Å². The normalized spacial score (nSPS) is 11.4. The van der Waals surface area contributed by atoms with Crippen LogP contribution in [0.3, 0.4) is 0 Å². The lowest BCUT2D eigenvalue weighted by Gasteiger charge is -2.06. The van der Waals surface area contributed by atoms with Gasteiger partial charge in [-0.3, -0.25) is 9.78 Å². The van der Waals surface area contributed by atoms with Crippen molar-refractivity contribution in [1.29, 1.82) is 0 Å². The van der Waals surface area contributed by atoms with Gasteiger partial charge in [0.2, 0.25) is 10.0 Å². The van der Waals surface area contributed by atoms with E-state index in [0.29, 0.717) is 11.3 Å². The van der Waals surface area contributed by atoms with Crippen molar-refractivity contribution in [1.82, 2.24) is 9.55 Å². The molecule has 0 saturated heterocycles. The molecule has 1 aromatic heterocycles. The minimum atomic E-state index is -3.68. The summed E-state index contributed by atoms with van der Waals surface area (Å²) in [5, 5.41) is 5.01. The number of hydrogen-bond donors (Lipinski definition) is 2. The van der Waals surface area contributed by atoms with Crippen molar-refractivity contribution in [3.8, 4) is 0 Å².